The van der Waals surface area contributed by atoms with Gasteiger partial charge in [-0.25, -0.2) is 4.79 Å². The highest BCUT2D eigenvalue weighted by Crippen LogP contribution is 2.27. The van der Waals surface area contributed by atoms with Gasteiger partial charge in [-0.2, -0.15) is 0 Å². The first-order valence-corrected chi connectivity index (χ1v) is 8.98. The maximum Gasteiger partial charge on any atom is 0.423 e. The number of urea groups is 1. The molecule has 1 atom stereocenters. The number of rotatable bonds is 4. The van der Waals surface area contributed by atoms with Crippen LogP contribution in [0.5, 0.6) is 0 Å². The summed E-state index contributed by atoms with van der Waals surface area (Å²) < 4.78 is 0. The van der Waals surface area contributed by atoms with Crippen molar-refractivity contribution < 1.29 is 9.86 Å². The van der Waals surface area contributed by atoms with E-state index in [1.54, 1.807) is 11.9 Å². The third-order valence-corrected chi connectivity index (χ3v) is 4.84. The van der Waals surface area contributed by atoms with E-state index in [1.165, 1.54) is 0 Å². The number of aryl methyl sites for hydroxylation is 2. The van der Waals surface area contributed by atoms with Crippen molar-refractivity contribution in [2.24, 2.45) is 0 Å². The number of nitrogens with one attached hydrogen (secondary N) is 1. The Labute approximate surface area is 160 Å². The van der Waals surface area contributed by atoms with Crippen molar-refractivity contribution in [2.75, 3.05) is 7.05 Å². The Kier molecular flexibility index (Phi) is 5.69. The number of carbonyl (C=O) groups is 1. The number of carbonyl (C=O) groups excluding carboxylic acids is 1. The van der Waals surface area contributed by atoms with Gasteiger partial charge < -0.3 is 5.21 Å². The van der Waals surface area contributed by atoms with Crippen LogP contribution in [0, 0.1) is 19.1 Å². The first-order chi connectivity index (χ1) is 13.0. The van der Waals surface area contributed by atoms with Crippen molar-refractivity contribution >= 4 is 11.7 Å². The second-order valence-corrected chi connectivity index (χ2v) is 6.74. The number of para-hydroxylation sites is 1. The maximum absolute atomic E-state index is 13.1. The predicted octanol–water partition coefficient (Wildman–Crippen LogP) is 4.16. The fourth-order valence-corrected chi connectivity index (χ4v) is 3.47. The molecule has 0 spiro atoms. The molecule has 0 saturated carbocycles. The van der Waals surface area contributed by atoms with Crippen molar-refractivity contribution in [3.63, 3.8) is 0 Å². The van der Waals surface area contributed by atoms with Gasteiger partial charge in [0.15, 0.2) is 0 Å². The molecular weight excluding hydrogens is 336 g/mol. The normalized spacial score (nSPS) is 12.0. The molecule has 0 heterocycles. The van der Waals surface area contributed by atoms with Crippen LogP contribution < -0.4 is 5.06 Å². The molecular formula is C23H24N2O2. The van der Waals surface area contributed by atoms with Crippen molar-refractivity contribution in [1.82, 2.24) is 4.90 Å². The first kappa shape index (κ1) is 18.8. The Bertz CT molecular complexity index is 850. The van der Waals surface area contributed by atoms with Gasteiger partial charge >= 0.3 is 6.03 Å². The molecule has 4 nitrogen and oxygen atoms in total. The van der Waals surface area contributed by atoms with E-state index in [0.717, 1.165) is 22.3 Å². The monoisotopic (exact) mass is 360 g/mol. The highest BCUT2D eigenvalue weighted by Gasteiger charge is 2.29. The van der Waals surface area contributed by atoms with Crippen LogP contribution in [0.1, 0.15) is 28.3 Å². The standard InChI is InChI=1S/C23H24N2O2/c1-17-11-10-12-18(2)21(17)25(27)23(26)24(3)22(19-13-6-4-7-14-19)20-15-8-5-9-16-20/h4-16,22,25H,1-3H3. The molecule has 0 radical (unpaired) electrons. The van der Waals surface area contributed by atoms with Crippen molar-refractivity contribution in [2.45, 2.75) is 19.9 Å². The van der Waals surface area contributed by atoms with Gasteiger partial charge in [-0.15, -0.1) is 0 Å². The third kappa shape index (κ3) is 3.92. The number of benzene rings is 3. The topological polar surface area (TPSA) is 47.8 Å². The van der Waals surface area contributed by atoms with Crippen LogP contribution in [0.25, 0.3) is 0 Å². The summed E-state index contributed by atoms with van der Waals surface area (Å²) in [6.45, 7) is 3.72. The minimum absolute atomic E-state index is 0.326. The molecule has 138 valence electrons. The Morgan fingerprint density at radius 3 is 1.70 bits per heavy atom. The Hall–Kier alpha value is -2.95. The Morgan fingerprint density at radius 1 is 0.815 bits per heavy atom. The zero-order valence-electron chi connectivity index (χ0n) is 15.8. The smallest absolute Gasteiger partial charge is 0.423 e. The van der Waals surface area contributed by atoms with Gasteiger partial charge in [0.2, 0.25) is 0 Å². The Balaban J connectivity index is 1.99. The van der Waals surface area contributed by atoms with Crippen LogP contribution in [0.2, 0.25) is 0 Å². The fourth-order valence-electron chi connectivity index (χ4n) is 3.47. The van der Waals surface area contributed by atoms with Crippen LogP contribution in [0.4, 0.5) is 10.5 Å². The summed E-state index contributed by atoms with van der Waals surface area (Å²) in [6.07, 6.45) is 0. The number of hydrogen-bond donors (Lipinski definition) is 1. The Morgan fingerprint density at radius 2 is 1.26 bits per heavy atom. The van der Waals surface area contributed by atoms with E-state index in [0.29, 0.717) is 5.69 Å². The molecule has 1 unspecified atom stereocenters. The van der Waals surface area contributed by atoms with Crippen molar-refractivity contribution in [1.29, 1.82) is 0 Å². The lowest BCUT2D eigenvalue weighted by atomic mass is 9.97. The summed E-state index contributed by atoms with van der Waals surface area (Å²) in [5.74, 6) is 0. The van der Waals surface area contributed by atoms with Crippen LogP contribution >= 0.6 is 0 Å². The lowest BCUT2D eigenvalue weighted by molar-refractivity contribution is -0.687. The summed E-state index contributed by atoms with van der Waals surface area (Å²) in [6, 6.07) is 24.3. The average Bonchev–Trinajstić information content (AvgIpc) is 2.69. The number of hydroxylamine groups is 1. The van der Waals surface area contributed by atoms with E-state index < -0.39 is 11.1 Å². The number of nitrogens with zero attached hydrogens (tertiary/aromatic N) is 1. The third-order valence-electron chi connectivity index (χ3n) is 4.84. The molecule has 3 aromatic carbocycles. The molecule has 0 aliphatic rings. The first-order valence-electron chi connectivity index (χ1n) is 8.98. The van der Waals surface area contributed by atoms with E-state index in [1.807, 2.05) is 92.7 Å². The van der Waals surface area contributed by atoms with Gasteiger partial charge in [-0.3, -0.25) is 9.96 Å². The molecule has 1 N–H and O–H groups in total. The zero-order valence-corrected chi connectivity index (χ0v) is 15.8. The summed E-state index contributed by atoms with van der Waals surface area (Å²) in [7, 11) is 1.69. The lowest BCUT2D eigenvalue weighted by Gasteiger charge is -2.32. The molecule has 2 amide bonds. The summed E-state index contributed by atoms with van der Waals surface area (Å²) in [5.41, 5.74) is 4.06. The average molecular weight is 360 g/mol. The molecule has 0 saturated heterocycles. The number of amides is 2. The zero-order chi connectivity index (χ0) is 19.4. The molecule has 0 bridgehead atoms. The van der Waals surface area contributed by atoms with E-state index in [2.05, 4.69) is 0 Å². The van der Waals surface area contributed by atoms with E-state index in [-0.39, 0.29) is 6.04 Å². The second kappa shape index (κ2) is 8.16. The molecule has 3 aromatic rings. The van der Waals surface area contributed by atoms with Gasteiger partial charge in [0.1, 0.15) is 5.69 Å². The van der Waals surface area contributed by atoms with Gasteiger partial charge in [0, 0.05) is 18.2 Å². The number of quaternary nitrogens is 1. The largest absolute Gasteiger partial charge is 0.620 e. The number of hydrogen-bond acceptors (Lipinski definition) is 2. The molecule has 0 fully saturated rings. The SMILES string of the molecule is Cc1cccc(C)c1[NH+]([O-])C(=O)N(C)C(c1ccccc1)c1ccccc1. The highest BCUT2D eigenvalue weighted by molar-refractivity contribution is 5.70. The van der Waals surface area contributed by atoms with Gasteiger partial charge in [0.05, 0.1) is 6.04 Å². The van der Waals surface area contributed by atoms with Gasteiger partial charge in [-0.1, -0.05) is 78.9 Å². The van der Waals surface area contributed by atoms with E-state index in [4.69, 9.17) is 0 Å². The fraction of sp³-hybridized carbons (Fsp3) is 0.174. The molecule has 0 aliphatic heterocycles. The summed E-state index contributed by atoms with van der Waals surface area (Å²) >= 11 is 0. The van der Waals surface area contributed by atoms with Crippen LogP contribution in [0.15, 0.2) is 78.9 Å². The minimum Gasteiger partial charge on any atom is -0.620 e. The second-order valence-electron chi connectivity index (χ2n) is 6.74. The quantitative estimate of drug-likeness (QED) is 0.710. The van der Waals surface area contributed by atoms with E-state index >= 15 is 0 Å². The van der Waals surface area contributed by atoms with Gasteiger partial charge in [-0.05, 0) is 25.0 Å². The van der Waals surface area contributed by atoms with Crippen LogP contribution in [-0.4, -0.2) is 18.0 Å². The van der Waals surface area contributed by atoms with Crippen LogP contribution in [0.3, 0.4) is 0 Å². The lowest BCUT2D eigenvalue weighted by Crippen LogP contribution is -3.07. The van der Waals surface area contributed by atoms with Crippen molar-refractivity contribution in [3.8, 4) is 0 Å². The summed E-state index contributed by atoms with van der Waals surface area (Å²) in [5, 5.41) is 12.5. The van der Waals surface area contributed by atoms with Gasteiger partial charge in [0.25, 0.3) is 0 Å². The molecule has 0 aliphatic carbocycles. The maximum atomic E-state index is 13.1. The molecule has 4 heteroatoms. The van der Waals surface area contributed by atoms with Crippen LogP contribution in [-0.2, 0) is 0 Å². The molecule has 27 heavy (non-hydrogen) atoms. The minimum atomic E-state index is -0.509. The van der Waals surface area contributed by atoms with E-state index in [9.17, 15) is 10.0 Å². The molecule has 0 aromatic heterocycles. The predicted molar refractivity (Wildman–Crippen MR) is 108 cm³/mol. The summed E-state index contributed by atoms with van der Waals surface area (Å²) in [4.78, 5) is 14.7. The highest BCUT2D eigenvalue weighted by atomic mass is 16.5. The molecule has 3 rings (SSSR count). The van der Waals surface area contributed by atoms with Crippen molar-refractivity contribution in [3.05, 3.63) is 106 Å².